The minimum Gasteiger partial charge on any atom is -0.481 e. The van der Waals surface area contributed by atoms with E-state index < -0.39 is 18.0 Å². The van der Waals surface area contributed by atoms with Crippen LogP contribution >= 0.6 is 0 Å². The van der Waals surface area contributed by atoms with E-state index in [1.807, 2.05) is 6.92 Å². The van der Waals surface area contributed by atoms with Crippen LogP contribution in [0.15, 0.2) is 0 Å². The first-order valence-electron chi connectivity index (χ1n) is 6.88. The van der Waals surface area contributed by atoms with Crippen molar-refractivity contribution in [2.24, 2.45) is 5.92 Å². The summed E-state index contributed by atoms with van der Waals surface area (Å²) in [5.41, 5.74) is 0. The normalized spacial score (nSPS) is 23.9. The van der Waals surface area contributed by atoms with Crippen LogP contribution in [0, 0.1) is 5.92 Å². The van der Waals surface area contributed by atoms with Gasteiger partial charge in [0.05, 0.1) is 0 Å². The Labute approximate surface area is 117 Å². The van der Waals surface area contributed by atoms with Crippen LogP contribution in [0.3, 0.4) is 0 Å². The molecule has 2 unspecified atom stereocenters. The van der Waals surface area contributed by atoms with Gasteiger partial charge in [-0.25, -0.2) is 4.79 Å². The lowest BCUT2D eigenvalue weighted by Gasteiger charge is -2.28. The van der Waals surface area contributed by atoms with Crippen molar-refractivity contribution in [2.45, 2.75) is 51.1 Å². The average molecular weight is 286 g/mol. The molecule has 0 aromatic carbocycles. The zero-order valence-electron chi connectivity index (χ0n) is 11.6. The first kappa shape index (κ1) is 16.4. The quantitative estimate of drug-likeness (QED) is 0.531. The Bertz CT molecular complexity index is 372. The van der Waals surface area contributed by atoms with Gasteiger partial charge in [0, 0.05) is 18.4 Å². The first-order chi connectivity index (χ1) is 9.40. The average Bonchev–Trinajstić information content (AvgIpc) is 2.36. The topological polar surface area (TPSA) is 116 Å². The fraction of sp³-hybridized carbons (Fsp3) is 0.769. The number of carboxylic acid groups (broad SMARTS) is 2. The lowest BCUT2D eigenvalue weighted by Crippen LogP contribution is -2.47. The largest absolute Gasteiger partial charge is 0.481 e. The van der Waals surface area contributed by atoms with Crippen molar-refractivity contribution in [3.63, 3.8) is 0 Å². The molecule has 1 saturated heterocycles. The third-order valence-corrected chi connectivity index (χ3v) is 3.49. The van der Waals surface area contributed by atoms with Crippen LogP contribution in [-0.2, 0) is 14.4 Å². The fourth-order valence-corrected chi connectivity index (χ4v) is 2.37. The number of aliphatic carboxylic acids is 2. The van der Waals surface area contributed by atoms with Gasteiger partial charge in [-0.15, -0.1) is 0 Å². The number of amides is 1. The third kappa shape index (κ3) is 5.56. The number of carbonyl (C=O) groups is 3. The number of rotatable bonds is 7. The summed E-state index contributed by atoms with van der Waals surface area (Å²) < 4.78 is 0. The van der Waals surface area contributed by atoms with Crippen molar-refractivity contribution >= 4 is 17.8 Å². The molecule has 1 aliphatic heterocycles. The Morgan fingerprint density at radius 2 is 2.05 bits per heavy atom. The number of piperidine rings is 1. The minimum atomic E-state index is -1.12. The molecule has 114 valence electrons. The van der Waals surface area contributed by atoms with Gasteiger partial charge in [-0.3, -0.25) is 9.59 Å². The molecule has 0 radical (unpaired) electrons. The second-order valence-electron chi connectivity index (χ2n) is 5.26. The van der Waals surface area contributed by atoms with E-state index in [4.69, 9.17) is 10.2 Å². The summed E-state index contributed by atoms with van der Waals surface area (Å²) in [4.78, 5) is 33.5. The molecular formula is C13H22N2O5. The molecule has 1 rings (SSSR count). The predicted octanol–water partition coefficient (Wildman–Crippen LogP) is 0.199. The van der Waals surface area contributed by atoms with Gasteiger partial charge < -0.3 is 20.8 Å². The number of carbonyl (C=O) groups excluding carboxylic acids is 1. The number of carboxylic acids is 2. The molecule has 0 aliphatic carbocycles. The first-order valence-corrected chi connectivity index (χ1v) is 6.88. The molecule has 1 heterocycles. The summed E-state index contributed by atoms with van der Waals surface area (Å²) >= 11 is 0. The van der Waals surface area contributed by atoms with Gasteiger partial charge in [0.15, 0.2) is 0 Å². The van der Waals surface area contributed by atoms with Gasteiger partial charge in [0.2, 0.25) is 5.91 Å². The van der Waals surface area contributed by atoms with Crippen molar-refractivity contribution < 1.29 is 24.6 Å². The Kier molecular flexibility index (Phi) is 6.44. The van der Waals surface area contributed by atoms with E-state index in [0.717, 1.165) is 6.54 Å². The smallest absolute Gasteiger partial charge is 0.326 e. The van der Waals surface area contributed by atoms with Crippen molar-refractivity contribution in [2.75, 3.05) is 6.54 Å². The van der Waals surface area contributed by atoms with E-state index >= 15 is 0 Å². The highest BCUT2D eigenvalue weighted by molar-refractivity contribution is 5.85. The monoisotopic (exact) mass is 286 g/mol. The maximum absolute atomic E-state index is 12.0. The van der Waals surface area contributed by atoms with Gasteiger partial charge in [-0.05, 0) is 39.2 Å². The standard InChI is InChI=1S/C13H22N2O5/c1-8-7-9(5-6-14-8)12(18)15-10(13(19)20)3-2-4-11(16)17/h8-10,14H,2-7H2,1H3,(H,15,18)(H,16,17)(H,19,20)/t8?,9?,10-/m1/s1. The Morgan fingerprint density at radius 3 is 2.60 bits per heavy atom. The number of hydrogen-bond donors (Lipinski definition) is 4. The van der Waals surface area contributed by atoms with Gasteiger partial charge >= 0.3 is 11.9 Å². The zero-order valence-corrected chi connectivity index (χ0v) is 11.6. The molecular weight excluding hydrogens is 264 g/mol. The van der Waals surface area contributed by atoms with Crippen LogP contribution in [0.2, 0.25) is 0 Å². The Morgan fingerprint density at radius 1 is 1.35 bits per heavy atom. The van der Waals surface area contributed by atoms with E-state index in [-0.39, 0.29) is 37.1 Å². The van der Waals surface area contributed by atoms with Crippen molar-refractivity contribution in [1.29, 1.82) is 0 Å². The fourth-order valence-electron chi connectivity index (χ4n) is 2.37. The van der Waals surface area contributed by atoms with Crippen LogP contribution < -0.4 is 10.6 Å². The number of nitrogens with one attached hydrogen (secondary N) is 2. The summed E-state index contributed by atoms with van der Waals surface area (Å²) in [6.45, 7) is 2.73. The Hall–Kier alpha value is -1.63. The Balaban J connectivity index is 2.45. The molecule has 3 atom stereocenters. The van der Waals surface area contributed by atoms with E-state index in [0.29, 0.717) is 12.8 Å². The van der Waals surface area contributed by atoms with E-state index in [2.05, 4.69) is 10.6 Å². The molecule has 7 nitrogen and oxygen atoms in total. The maximum Gasteiger partial charge on any atom is 0.326 e. The molecule has 0 saturated carbocycles. The SMILES string of the molecule is CC1CC(C(=O)N[C@H](CCCC(=O)O)C(=O)O)CCN1. The highest BCUT2D eigenvalue weighted by Gasteiger charge is 2.28. The second kappa shape index (κ2) is 7.84. The summed E-state index contributed by atoms with van der Waals surface area (Å²) in [5, 5.41) is 23.4. The van der Waals surface area contributed by atoms with Crippen LogP contribution in [0.5, 0.6) is 0 Å². The van der Waals surface area contributed by atoms with E-state index in [1.54, 1.807) is 0 Å². The molecule has 7 heteroatoms. The van der Waals surface area contributed by atoms with Crippen molar-refractivity contribution in [1.82, 2.24) is 10.6 Å². The van der Waals surface area contributed by atoms with Crippen LogP contribution in [-0.4, -0.2) is 46.7 Å². The van der Waals surface area contributed by atoms with E-state index in [1.165, 1.54) is 0 Å². The van der Waals surface area contributed by atoms with Crippen molar-refractivity contribution in [3.8, 4) is 0 Å². The molecule has 0 aromatic rings. The van der Waals surface area contributed by atoms with E-state index in [9.17, 15) is 14.4 Å². The van der Waals surface area contributed by atoms with Gasteiger partial charge in [0.25, 0.3) is 0 Å². The second-order valence-corrected chi connectivity index (χ2v) is 5.26. The molecule has 1 amide bonds. The summed E-state index contributed by atoms with van der Waals surface area (Å²) in [6.07, 6.45) is 1.65. The molecule has 0 spiro atoms. The van der Waals surface area contributed by atoms with Gasteiger partial charge in [-0.2, -0.15) is 0 Å². The zero-order chi connectivity index (χ0) is 15.1. The lowest BCUT2D eigenvalue weighted by molar-refractivity contribution is -0.143. The summed E-state index contributed by atoms with van der Waals surface area (Å²) in [7, 11) is 0. The highest BCUT2D eigenvalue weighted by atomic mass is 16.4. The van der Waals surface area contributed by atoms with Gasteiger partial charge in [0.1, 0.15) is 6.04 Å². The molecule has 1 aliphatic rings. The highest BCUT2D eigenvalue weighted by Crippen LogP contribution is 2.16. The third-order valence-electron chi connectivity index (χ3n) is 3.49. The summed E-state index contributed by atoms with van der Waals surface area (Å²) in [5.74, 6) is -2.51. The molecule has 4 N–H and O–H groups in total. The van der Waals surface area contributed by atoms with Crippen LogP contribution in [0.1, 0.15) is 39.0 Å². The van der Waals surface area contributed by atoms with Crippen LogP contribution in [0.4, 0.5) is 0 Å². The molecule has 0 aromatic heterocycles. The number of hydrogen-bond acceptors (Lipinski definition) is 4. The lowest BCUT2D eigenvalue weighted by atomic mass is 9.92. The van der Waals surface area contributed by atoms with Gasteiger partial charge in [-0.1, -0.05) is 0 Å². The molecule has 0 bridgehead atoms. The molecule has 20 heavy (non-hydrogen) atoms. The predicted molar refractivity (Wildman–Crippen MR) is 71.2 cm³/mol. The minimum absolute atomic E-state index is 0.0932. The summed E-state index contributed by atoms with van der Waals surface area (Å²) in [6, 6.07) is -0.762. The van der Waals surface area contributed by atoms with Crippen molar-refractivity contribution in [3.05, 3.63) is 0 Å². The molecule has 1 fully saturated rings. The van der Waals surface area contributed by atoms with Crippen LogP contribution in [0.25, 0.3) is 0 Å². The maximum atomic E-state index is 12.0.